The van der Waals surface area contributed by atoms with Crippen molar-refractivity contribution in [2.45, 2.75) is 32.7 Å². The summed E-state index contributed by atoms with van der Waals surface area (Å²) in [6, 6.07) is 0.156. The van der Waals surface area contributed by atoms with Gasteiger partial charge in [-0.15, -0.1) is 0 Å². The first-order chi connectivity index (χ1) is 6.85. The zero-order chi connectivity index (χ0) is 11.5. The molecule has 0 aromatic heterocycles. The molecule has 0 aliphatic carbocycles. The molecular weight excluding hydrogens is 212 g/mol. The molecule has 0 aromatic rings. The summed E-state index contributed by atoms with van der Waals surface area (Å²) < 4.78 is 22.4. The molecule has 15 heavy (non-hydrogen) atoms. The normalized spacial score (nSPS) is 25.7. The number of nitrogens with two attached hydrogens (primary N) is 1. The molecule has 0 saturated carbocycles. The molecule has 1 saturated heterocycles. The molecule has 1 atom stereocenters. The molecule has 4 nitrogen and oxygen atoms in total. The van der Waals surface area contributed by atoms with Gasteiger partial charge in [0.15, 0.2) is 9.84 Å². The zero-order valence-electron chi connectivity index (χ0n) is 9.62. The summed E-state index contributed by atoms with van der Waals surface area (Å²) in [5, 5.41) is 3.29. The van der Waals surface area contributed by atoms with Crippen molar-refractivity contribution in [2.75, 3.05) is 24.6 Å². The summed E-state index contributed by atoms with van der Waals surface area (Å²) in [5.74, 6) is 0.640. The van der Waals surface area contributed by atoms with Gasteiger partial charge in [-0.2, -0.15) is 0 Å². The third kappa shape index (κ3) is 4.49. The van der Waals surface area contributed by atoms with Gasteiger partial charge in [0.2, 0.25) is 0 Å². The van der Waals surface area contributed by atoms with Gasteiger partial charge in [-0.1, -0.05) is 13.8 Å². The van der Waals surface area contributed by atoms with Crippen LogP contribution in [-0.2, 0) is 9.84 Å². The molecule has 0 aromatic carbocycles. The molecule has 5 heteroatoms. The fraction of sp³-hybridized carbons (Fsp3) is 1.00. The number of rotatable bonds is 5. The number of nitrogens with one attached hydrogen (secondary N) is 1. The van der Waals surface area contributed by atoms with E-state index in [0.717, 1.165) is 19.4 Å². The SMILES string of the molecule is CC(C)(CN)CCNC1CCS(=O)(=O)C1. The molecular formula is C10H22N2O2S. The van der Waals surface area contributed by atoms with E-state index in [1.54, 1.807) is 0 Å². The molecule has 1 aliphatic rings. The van der Waals surface area contributed by atoms with E-state index >= 15 is 0 Å². The number of sulfone groups is 1. The highest BCUT2D eigenvalue weighted by Crippen LogP contribution is 2.18. The second-order valence-corrected chi connectivity index (χ2v) is 7.40. The average molecular weight is 234 g/mol. The monoisotopic (exact) mass is 234 g/mol. The third-order valence-electron chi connectivity index (χ3n) is 3.02. The molecule has 90 valence electrons. The first kappa shape index (κ1) is 12.9. The van der Waals surface area contributed by atoms with Gasteiger partial charge in [-0.3, -0.25) is 0 Å². The van der Waals surface area contributed by atoms with Gasteiger partial charge in [-0.05, 0) is 31.3 Å². The van der Waals surface area contributed by atoms with Gasteiger partial charge in [-0.25, -0.2) is 8.42 Å². The van der Waals surface area contributed by atoms with Crippen LogP contribution in [0.25, 0.3) is 0 Å². The minimum absolute atomic E-state index is 0.143. The first-order valence-electron chi connectivity index (χ1n) is 5.48. The Labute approximate surface area is 92.5 Å². The highest BCUT2D eigenvalue weighted by atomic mass is 32.2. The Kier molecular flexibility index (Phi) is 4.14. The molecule has 1 aliphatic heterocycles. The van der Waals surface area contributed by atoms with Crippen LogP contribution >= 0.6 is 0 Å². The van der Waals surface area contributed by atoms with Crippen LogP contribution in [0.4, 0.5) is 0 Å². The summed E-state index contributed by atoms with van der Waals surface area (Å²) in [7, 11) is -2.75. The van der Waals surface area contributed by atoms with E-state index in [4.69, 9.17) is 5.73 Å². The van der Waals surface area contributed by atoms with Crippen LogP contribution < -0.4 is 11.1 Å². The number of hydrogen-bond acceptors (Lipinski definition) is 4. The minimum Gasteiger partial charge on any atom is -0.330 e. The van der Waals surface area contributed by atoms with Crippen LogP contribution in [0.2, 0.25) is 0 Å². The highest BCUT2D eigenvalue weighted by Gasteiger charge is 2.27. The van der Waals surface area contributed by atoms with Gasteiger partial charge in [0.1, 0.15) is 0 Å². The molecule has 1 heterocycles. The van der Waals surface area contributed by atoms with E-state index in [1.165, 1.54) is 0 Å². The maximum Gasteiger partial charge on any atom is 0.151 e. The van der Waals surface area contributed by atoms with Gasteiger partial charge in [0, 0.05) is 6.04 Å². The van der Waals surface area contributed by atoms with Gasteiger partial charge < -0.3 is 11.1 Å². The average Bonchev–Trinajstić information content (AvgIpc) is 2.45. The molecule has 0 spiro atoms. The van der Waals surface area contributed by atoms with E-state index in [1.807, 2.05) is 0 Å². The Balaban J connectivity index is 2.23. The lowest BCUT2D eigenvalue weighted by molar-refractivity contribution is 0.332. The maximum absolute atomic E-state index is 11.2. The van der Waals surface area contributed by atoms with Crippen LogP contribution in [0.1, 0.15) is 26.7 Å². The quantitative estimate of drug-likeness (QED) is 0.709. The Morgan fingerprint density at radius 1 is 1.47 bits per heavy atom. The summed E-state index contributed by atoms with van der Waals surface area (Å²) in [5.41, 5.74) is 5.76. The Bertz CT molecular complexity index is 299. The molecule has 0 radical (unpaired) electrons. The largest absolute Gasteiger partial charge is 0.330 e. The molecule has 1 rings (SSSR count). The summed E-state index contributed by atoms with van der Waals surface area (Å²) in [4.78, 5) is 0. The van der Waals surface area contributed by atoms with E-state index in [9.17, 15) is 8.42 Å². The third-order valence-corrected chi connectivity index (χ3v) is 4.79. The minimum atomic E-state index is -2.75. The van der Waals surface area contributed by atoms with Gasteiger partial charge in [0.25, 0.3) is 0 Å². The fourth-order valence-corrected chi connectivity index (χ4v) is 3.38. The maximum atomic E-state index is 11.2. The van der Waals surface area contributed by atoms with Crippen molar-refractivity contribution in [3.8, 4) is 0 Å². The van der Waals surface area contributed by atoms with Crippen LogP contribution in [-0.4, -0.2) is 39.1 Å². The van der Waals surface area contributed by atoms with E-state index in [-0.39, 0.29) is 11.5 Å². The molecule has 3 N–H and O–H groups in total. The number of hydrogen-bond donors (Lipinski definition) is 2. The Hall–Kier alpha value is -0.130. The molecule has 0 amide bonds. The van der Waals surface area contributed by atoms with E-state index < -0.39 is 9.84 Å². The van der Waals surface area contributed by atoms with Crippen molar-refractivity contribution in [1.82, 2.24) is 5.32 Å². The molecule has 1 fully saturated rings. The van der Waals surface area contributed by atoms with Crippen molar-refractivity contribution in [1.29, 1.82) is 0 Å². The zero-order valence-corrected chi connectivity index (χ0v) is 10.4. The topological polar surface area (TPSA) is 72.2 Å². The lowest BCUT2D eigenvalue weighted by Crippen LogP contribution is -2.34. The lowest BCUT2D eigenvalue weighted by Gasteiger charge is -2.23. The van der Waals surface area contributed by atoms with Crippen molar-refractivity contribution in [2.24, 2.45) is 11.1 Å². The molecule has 1 unspecified atom stereocenters. The highest BCUT2D eigenvalue weighted by molar-refractivity contribution is 7.91. The lowest BCUT2D eigenvalue weighted by atomic mass is 9.89. The summed E-state index contributed by atoms with van der Waals surface area (Å²) >= 11 is 0. The first-order valence-corrected chi connectivity index (χ1v) is 7.31. The van der Waals surface area contributed by atoms with Crippen molar-refractivity contribution < 1.29 is 8.42 Å². The van der Waals surface area contributed by atoms with Crippen molar-refractivity contribution >= 4 is 9.84 Å². The summed E-state index contributed by atoms with van der Waals surface area (Å²) in [6.07, 6.45) is 1.74. The smallest absolute Gasteiger partial charge is 0.151 e. The summed E-state index contributed by atoms with van der Waals surface area (Å²) in [6.45, 7) is 5.77. The standard InChI is InChI=1S/C10H22N2O2S/c1-10(2,8-11)4-5-12-9-3-6-15(13,14)7-9/h9,12H,3-8,11H2,1-2H3. The fourth-order valence-electron chi connectivity index (χ4n) is 1.67. The van der Waals surface area contributed by atoms with Crippen LogP contribution in [0.5, 0.6) is 0 Å². The Morgan fingerprint density at radius 2 is 2.13 bits per heavy atom. The second kappa shape index (κ2) is 4.80. The Morgan fingerprint density at radius 3 is 2.60 bits per heavy atom. The second-order valence-electron chi connectivity index (χ2n) is 5.17. The van der Waals surface area contributed by atoms with E-state index in [2.05, 4.69) is 19.2 Å². The van der Waals surface area contributed by atoms with Crippen LogP contribution in [0.15, 0.2) is 0 Å². The molecule has 0 bridgehead atoms. The van der Waals surface area contributed by atoms with Gasteiger partial charge in [0.05, 0.1) is 11.5 Å². The van der Waals surface area contributed by atoms with Gasteiger partial charge >= 0.3 is 0 Å². The van der Waals surface area contributed by atoms with Crippen molar-refractivity contribution in [3.05, 3.63) is 0 Å². The van der Waals surface area contributed by atoms with Crippen LogP contribution in [0.3, 0.4) is 0 Å². The van der Waals surface area contributed by atoms with E-state index in [0.29, 0.717) is 18.1 Å². The predicted octanol–water partition coefficient (Wildman–Crippen LogP) is 0.138. The predicted molar refractivity (Wildman–Crippen MR) is 62.5 cm³/mol. The van der Waals surface area contributed by atoms with Crippen LogP contribution in [0, 0.1) is 5.41 Å². The van der Waals surface area contributed by atoms with Crippen molar-refractivity contribution in [3.63, 3.8) is 0 Å².